The van der Waals surface area contributed by atoms with E-state index in [1.54, 1.807) is 6.20 Å². The number of hydrogen-bond acceptors (Lipinski definition) is 3. The second-order valence-electron chi connectivity index (χ2n) is 1.60. The lowest BCUT2D eigenvalue weighted by Gasteiger charge is -1.94. The van der Waals surface area contributed by atoms with Gasteiger partial charge in [0.05, 0.1) is 9.47 Å². The Kier molecular flexibility index (Phi) is 1.96. The summed E-state index contributed by atoms with van der Waals surface area (Å²) in [5, 5.41) is 0. The first-order chi connectivity index (χ1) is 4.33. The van der Waals surface area contributed by atoms with Gasteiger partial charge in [0.15, 0.2) is 0 Å². The molecule has 3 nitrogen and oxygen atoms in total. The van der Waals surface area contributed by atoms with Crippen LogP contribution in [0.2, 0.25) is 0 Å². The van der Waals surface area contributed by atoms with Crippen molar-refractivity contribution in [1.29, 1.82) is 0 Å². The van der Waals surface area contributed by atoms with Gasteiger partial charge < -0.3 is 4.52 Å². The highest BCUT2D eigenvalue weighted by Gasteiger charge is 1.90. The molecule has 0 fully saturated rings. The van der Waals surface area contributed by atoms with Crippen molar-refractivity contribution in [3.63, 3.8) is 0 Å². The van der Waals surface area contributed by atoms with Crippen LogP contribution < -0.4 is 4.52 Å². The third-order valence-electron chi connectivity index (χ3n) is 0.878. The fraction of sp³-hybridized carbons (Fsp3) is 0.200. The molecule has 0 radical (unpaired) electrons. The van der Waals surface area contributed by atoms with Gasteiger partial charge in [0.25, 0.3) is 0 Å². The summed E-state index contributed by atoms with van der Waals surface area (Å²) >= 11 is 0. The number of nitrogens with zero attached hydrogens (tertiary/aromatic N) is 2. The van der Waals surface area contributed by atoms with Gasteiger partial charge in [-0.05, 0) is 13.0 Å². The zero-order valence-corrected chi connectivity index (χ0v) is 6.19. The van der Waals surface area contributed by atoms with E-state index in [1.807, 2.05) is 13.0 Å². The molecule has 0 bridgehead atoms. The molecule has 1 rings (SSSR count). The minimum absolute atomic E-state index is 0.389. The van der Waals surface area contributed by atoms with Crippen LogP contribution in [0.15, 0.2) is 12.3 Å². The summed E-state index contributed by atoms with van der Waals surface area (Å²) in [7, 11) is 2.09. The Morgan fingerprint density at radius 3 is 2.89 bits per heavy atom. The molecule has 0 saturated heterocycles. The molecule has 48 valence electrons. The predicted octanol–water partition coefficient (Wildman–Crippen LogP) is 0.954. The van der Waals surface area contributed by atoms with Gasteiger partial charge in [-0.3, -0.25) is 0 Å². The topological polar surface area (TPSA) is 35.0 Å². The summed E-state index contributed by atoms with van der Waals surface area (Å²) < 4.78 is 4.69. The molecule has 4 heteroatoms. The summed E-state index contributed by atoms with van der Waals surface area (Å²) in [4.78, 5) is 7.74. The average Bonchev–Trinajstić information content (AvgIpc) is 1.88. The maximum atomic E-state index is 4.69. The first-order valence-corrected chi connectivity index (χ1v) is 2.96. The fourth-order valence-electron chi connectivity index (χ4n) is 0.483. The van der Waals surface area contributed by atoms with E-state index in [-0.39, 0.29) is 0 Å². The van der Waals surface area contributed by atoms with E-state index < -0.39 is 0 Å². The quantitative estimate of drug-likeness (QED) is 0.547. The largest absolute Gasteiger partial charge is 0.449 e. The first kappa shape index (κ1) is 6.43. The summed E-state index contributed by atoms with van der Waals surface area (Å²) in [6.45, 7) is 1.88. The molecule has 0 aliphatic rings. The maximum Gasteiger partial charge on any atom is 0.318 e. The average molecular weight is 142 g/mol. The van der Waals surface area contributed by atoms with Crippen LogP contribution in [0, 0.1) is 6.92 Å². The Hall–Kier alpha value is -0.690. The standard InChI is InChI=1S/C5H7N2OP/c1-4-2-3-6-5(7-4)8-9/h2-3H,9H2,1H3. The Balaban J connectivity index is 2.94. The summed E-state index contributed by atoms with van der Waals surface area (Å²) in [6, 6.07) is 2.20. The number of aromatic nitrogens is 2. The number of hydrogen-bond donors (Lipinski definition) is 0. The highest BCUT2D eigenvalue weighted by molar-refractivity contribution is 7.10. The summed E-state index contributed by atoms with van der Waals surface area (Å²) in [5.41, 5.74) is 0.905. The lowest BCUT2D eigenvalue weighted by Crippen LogP contribution is -1.86. The molecular formula is C5H7N2OP. The SMILES string of the molecule is Cc1ccnc(OP)n1. The van der Waals surface area contributed by atoms with Crippen LogP contribution in [0.1, 0.15) is 5.69 Å². The van der Waals surface area contributed by atoms with Crippen LogP contribution in [0.5, 0.6) is 6.01 Å². The predicted molar refractivity (Wildman–Crippen MR) is 37.1 cm³/mol. The van der Waals surface area contributed by atoms with Crippen molar-refractivity contribution in [2.75, 3.05) is 0 Å². The molecule has 0 saturated carbocycles. The van der Waals surface area contributed by atoms with E-state index >= 15 is 0 Å². The Labute approximate surface area is 55.8 Å². The monoisotopic (exact) mass is 142 g/mol. The zero-order valence-electron chi connectivity index (χ0n) is 5.03. The Morgan fingerprint density at radius 2 is 2.44 bits per heavy atom. The van der Waals surface area contributed by atoms with Gasteiger partial charge in [0.2, 0.25) is 0 Å². The van der Waals surface area contributed by atoms with Crippen LogP contribution in [0.3, 0.4) is 0 Å². The third-order valence-corrected chi connectivity index (χ3v) is 1.09. The van der Waals surface area contributed by atoms with Crippen LogP contribution >= 0.6 is 9.47 Å². The van der Waals surface area contributed by atoms with E-state index in [0.29, 0.717) is 6.01 Å². The van der Waals surface area contributed by atoms with E-state index in [2.05, 4.69) is 24.0 Å². The lowest BCUT2D eigenvalue weighted by molar-refractivity contribution is 0.581. The number of aryl methyl sites for hydroxylation is 1. The van der Waals surface area contributed by atoms with Gasteiger partial charge in [-0.2, -0.15) is 0 Å². The second kappa shape index (κ2) is 2.74. The van der Waals surface area contributed by atoms with Crippen LogP contribution in [-0.2, 0) is 0 Å². The summed E-state index contributed by atoms with van der Waals surface area (Å²) in [6.07, 6.45) is 1.65. The Bertz CT molecular complexity index is 204. The zero-order chi connectivity index (χ0) is 6.69. The minimum Gasteiger partial charge on any atom is -0.449 e. The molecule has 0 spiro atoms. The van der Waals surface area contributed by atoms with Gasteiger partial charge in [0.1, 0.15) is 0 Å². The second-order valence-corrected chi connectivity index (χ2v) is 1.83. The minimum atomic E-state index is 0.389. The van der Waals surface area contributed by atoms with Crippen LogP contribution in [0.4, 0.5) is 0 Å². The first-order valence-electron chi connectivity index (χ1n) is 2.49. The molecule has 0 amide bonds. The number of rotatable bonds is 1. The molecular weight excluding hydrogens is 135 g/mol. The molecule has 1 atom stereocenters. The van der Waals surface area contributed by atoms with Crippen molar-refractivity contribution < 1.29 is 4.52 Å². The van der Waals surface area contributed by atoms with E-state index in [1.165, 1.54) is 0 Å². The van der Waals surface area contributed by atoms with Gasteiger partial charge in [-0.25, -0.2) is 9.97 Å². The van der Waals surface area contributed by atoms with Gasteiger partial charge in [-0.1, -0.05) is 0 Å². The molecule has 0 aliphatic heterocycles. The molecule has 0 aromatic carbocycles. The van der Waals surface area contributed by atoms with Crippen molar-refractivity contribution >= 4 is 9.47 Å². The highest BCUT2D eigenvalue weighted by atomic mass is 31.0. The van der Waals surface area contributed by atoms with Gasteiger partial charge >= 0.3 is 6.01 Å². The molecule has 1 aromatic heterocycles. The molecule has 0 aliphatic carbocycles. The Morgan fingerprint density at radius 1 is 1.67 bits per heavy atom. The smallest absolute Gasteiger partial charge is 0.318 e. The van der Waals surface area contributed by atoms with Crippen molar-refractivity contribution in [3.05, 3.63) is 18.0 Å². The lowest BCUT2D eigenvalue weighted by atomic mass is 10.5. The molecule has 1 unspecified atom stereocenters. The summed E-state index contributed by atoms with van der Waals surface area (Å²) in [5.74, 6) is 0. The third kappa shape index (κ3) is 1.61. The maximum absolute atomic E-state index is 4.69. The van der Waals surface area contributed by atoms with Crippen molar-refractivity contribution in [1.82, 2.24) is 9.97 Å². The van der Waals surface area contributed by atoms with Crippen molar-refractivity contribution in [2.45, 2.75) is 6.92 Å². The van der Waals surface area contributed by atoms with Crippen molar-refractivity contribution in [3.8, 4) is 6.01 Å². The van der Waals surface area contributed by atoms with Gasteiger partial charge in [-0.15, -0.1) is 0 Å². The molecule has 0 N–H and O–H groups in total. The van der Waals surface area contributed by atoms with Gasteiger partial charge in [0, 0.05) is 11.9 Å². The molecule has 1 aromatic rings. The highest BCUT2D eigenvalue weighted by Crippen LogP contribution is 2.03. The van der Waals surface area contributed by atoms with E-state index in [9.17, 15) is 0 Å². The fourth-order valence-corrected chi connectivity index (χ4v) is 0.596. The normalized spacial score (nSPS) is 9.11. The van der Waals surface area contributed by atoms with Crippen molar-refractivity contribution in [2.24, 2.45) is 0 Å². The molecule has 1 heterocycles. The molecule has 9 heavy (non-hydrogen) atoms. The van der Waals surface area contributed by atoms with E-state index in [4.69, 9.17) is 0 Å². The van der Waals surface area contributed by atoms with E-state index in [0.717, 1.165) is 5.69 Å². The van der Waals surface area contributed by atoms with Crippen LogP contribution in [-0.4, -0.2) is 9.97 Å². The van der Waals surface area contributed by atoms with Crippen LogP contribution in [0.25, 0.3) is 0 Å².